The number of hydrogen-bond donors (Lipinski definition) is 2. The van der Waals surface area contributed by atoms with Crippen LogP contribution in [0.1, 0.15) is 22.6 Å². The third-order valence-corrected chi connectivity index (χ3v) is 4.14. The van der Waals surface area contributed by atoms with Crippen molar-refractivity contribution in [3.63, 3.8) is 0 Å². The van der Waals surface area contributed by atoms with Crippen molar-refractivity contribution in [1.29, 1.82) is 0 Å². The van der Waals surface area contributed by atoms with Crippen LogP contribution in [0.3, 0.4) is 0 Å². The van der Waals surface area contributed by atoms with Crippen LogP contribution in [0, 0.1) is 0 Å². The smallest absolute Gasteiger partial charge is 0.252 e. The second-order valence-electron chi connectivity index (χ2n) is 5.91. The van der Waals surface area contributed by atoms with E-state index in [0.717, 1.165) is 11.1 Å². The summed E-state index contributed by atoms with van der Waals surface area (Å²) < 4.78 is 5.13. The Bertz CT molecular complexity index is 885. The molecule has 0 saturated heterocycles. The van der Waals surface area contributed by atoms with E-state index in [0.29, 0.717) is 11.3 Å². The lowest BCUT2D eigenvalue weighted by atomic mass is 9.91. The van der Waals surface area contributed by atoms with Crippen molar-refractivity contribution in [2.45, 2.75) is 5.92 Å². The fourth-order valence-corrected chi connectivity index (χ4v) is 2.78. The number of methoxy groups -OCH3 is 1. The monoisotopic (exact) mass is 360 g/mol. The van der Waals surface area contributed by atoms with Gasteiger partial charge in [-0.05, 0) is 29.3 Å². The second-order valence-corrected chi connectivity index (χ2v) is 5.91. The summed E-state index contributed by atoms with van der Waals surface area (Å²) in [6.45, 7) is 0. The van der Waals surface area contributed by atoms with E-state index in [1.807, 2.05) is 60.7 Å². The highest BCUT2D eigenvalue weighted by atomic mass is 16.5. The van der Waals surface area contributed by atoms with Gasteiger partial charge in [-0.3, -0.25) is 4.79 Å². The quantitative estimate of drug-likeness (QED) is 0.520. The van der Waals surface area contributed by atoms with Gasteiger partial charge >= 0.3 is 0 Å². The molecule has 0 aliphatic heterocycles. The van der Waals surface area contributed by atoms with E-state index in [1.165, 1.54) is 12.3 Å². The van der Waals surface area contributed by atoms with Gasteiger partial charge < -0.3 is 9.84 Å². The summed E-state index contributed by atoms with van der Waals surface area (Å²) in [5.41, 5.74) is 4.77. The molecule has 0 saturated carbocycles. The Hall–Kier alpha value is -3.60. The molecule has 0 aliphatic carbocycles. The molecule has 0 spiro atoms. The van der Waals surface area contributed by atoms with Crippen LogP contribution in [0.15, 0.2) is 84.0 Å². The predicted molar refractivity (Wildman–Crippen MR) is 105 cm³/mol. The number of hydrogen-bond acceptors (Lipinski definition) is 4. The summed E-state index contributed by atoms with van der Waals surface area (Å²) in [7, 11) is 1.54. The number of hydrazone groups is 1. The van der Waals surface area contributed by atoms with Crippen LogP contribution in [-0.4, -0.2) is 24.3 Å². The molecule has 5 nitrogen and oxygen atoms in total. The first-order valence-electron chi connectivity index (χ1n) is 8.49. The van der Waals surface area contributed by atoms with Gasteiger partial charge in [0.2, 0.25) is 0 Å². The van der Waals surface area contributed by atoms with Gasteiger partial charge in [0, 0.05) is 5.56 Å². The lowest BCUT2D eigenvalue weighted by Gasteiger charge is -2.16. The van der Waals surface area contributed by atoms with Crippen molar-refractivity contribution < 1.29 is 14.6 Å². The molecule has 5 heteroatoms. The number of phenols is 1. The number of phenolic OH excluding ortho intramolecular Hbond substituents is 1. The Morgan fingerprint density at radius 2 is 1.59 bits per heavy atom. The van der Waals surface area contributed by atoms with Crippen LogP contribution >= 0.6 is 0 Å². The van der Waals surface area contributed by atoms with Crippen LogP contribution in [0.2, 0.25) is 0 Å². The van der Waals surface area contributed by atoms with E-state index in [-0.39, 0.29) is 11.7 Å². The van der Waals surface area contributed by atoms with Gasteiger partial charge in [0.05, 0.1) is 19.2 Å². The van der Waals surface area contributed by atoms with E-state index < -0.39 is 5.92 Å². The van der Waals surface area contributed by atoms with Crippen molar-refractivity contribution in [2.75, 3.05) is 7.11 Å². The van der Waals surface area contributed by atoms with Crippen molar-refractivity contribution in [1.82, 2.24) is 5.43 Å². The molecule has 0 aromatic heterocycles. The summed E-state index contributed by atoms with van der Waals surface area (Å²) in [4.78, 5) is 12.8. The van der Waals surface area contributed by atoms with E-state index >= 15 is 0 Å². The van der Waals surface area contributed by atoms with Crippen LogP contribution in [0.4, 0.5) is 0 Å². The first-order valence-corrected chi connectivity index (χ1v) is 8.49. The van der Waals surface area contributed by atoms with Gasteiger partial charge in [0.15, 0.2) is 0 Å². The Balaban J connectivity index is 1.81. The van der Waals surface area contributed by atoms with Crippen molar-refractivity contribution in [3.05, 3.63) is 95.6 Å². The highest BCUT2D eigenvalue weighted by Crippen LogP contribution is 2.25. The summed E-state index contributed by atoms with van der Waals surface area (Å²) in [6, 6.07) is 23.9. The zero-order chi connectivity index (χ0) is 19.1. The van der Waals surface area contributed by atoms with Gasteiger partial charge in [-0.2, -0.15) is 5.10 Å². The summed E-state index contributed by atoms with van der Waals surface area (Å²) in [5.74, 6) is -0.0991. The Morgan fingerprint density at radius 3 is 2.15 bits per heavy atom. The molecule has 3 aromatic rings. The van der Waals surface area contributed by atoms with Crippen LogP contribution in [0.5, 0.6) is 11.5 Å². The van der Waals surface area contributed by atoms with Gasteiger partial charge in [-0.1, -0.05) is 60.7 Å². The molecule has 0 unspecified atom stereocenters. The van der Waals surface area contributed by atoms with E-state index in [4.69, 9.17) is 4.74 Å². The number of amides is 1. The third kappa shape index (κ3) is 4.52. The lowest BCUT2D eigenvalue weighted by Crippen LogP contribution is -2.26. The van der Waals surface area contributed by atoms with Gasteiger partial charge in [0.1, 0.15) is 11.5 Å². The normalized spacial score (nSPS) is 10.9. The Kier molecular flexibility index (Phi) is 5.84. The van der Waals surface area contributed by atoms with Crippen LogP contribution in [0.25, 0.3) is 0 Å². The molecule has 1 amide bonds. The minimum Gasteiger partial charge on any atom is -0.507 e. The molecule has 0 fully saturated rings. The zero-order valence-corrected chi connectivity index (χ0v) is 14.9. The van der Waals surface area contributed by atoms with Gasteiger partial charge in [-0.15, -0.1) is 0 Å². The molecule has 0 heterocycles. The van der Waals surface area contributed by atoms with E-state index in [9.17, 15) is 9.90 Å². The van der Waals surface area contributed by atoms with Gasteiger partial charge in [0.25, 0.3) is 5.91 Å². The number of carbonyl (C=O) groups is 1. The molecule has 0 atom stereocenters. The maximum absolute atomic E-state index is 12.8. The standard InChI is InChI=1S/C22H20N2O3/c1-27-19-12-13-20(25)18(14-19)15-23-24-22(26)21(16-8-4-2-5-9-16)17-10-6-3-7-11-17/h2-15,21,25H,1H3,(H,24,26)/b23-15-. The Morgan fingerprint density at radius 1 is 1.00 bits per heavy atom. The maximum atomic E-state index is 12.8. The third-order valence-electron chi connectivity index (χ3n) is 4.14. The number of ether oxygens (including phenoxy) is 1. The first kappa shape index (κ1) is 18.2. The number of aromatic hydroxyl groups is 1. The van der Waals surface area contributed by atoms with Crippen LogP contribution in [-0.2, 0) is 4.79 Å². The van der Waals surface area contributed by atoms with E-state index in [2.05, 4.69) is 10.5 Å². The fraction of sp³-hybridized carbons (Fsp3) is 0.0909. The first-order chi connectivity index (χ1) is 13.2. The molecule has 27 heavy (non-hydrogen) atoms. The highest BCUT2D eigenvalue weighted by Gasteiger charge is 2.22. The predicted octanol–water partition coefficient (Wildman–Crippen LogP) is 3.68. The van der Waals surface area contributed by atoms with Crippen molar-refractivity contribution in [2.24, 2.45) is 5.10 Å². The molecule has 0 aliphatic rings. The Labute approximate surface area is 157 Å². The molecule has 0 bridgehead atoms. The number of nitrogens with zero attached hydrogens (tertiary/aromatic N) is 1. The van der Waals surface area contributed by atoms with E-state index in [1.54, 1.807) is 19.2 Å². The van der Waals surface area contributed by atoms with Crippen molar-refractivity contribution in [3.8, 4) is 11.5 Å². The molecule has 0 radical (unpaired) electrons. The number of benzene rings is 3. The molecular weight excluding hydrogens is 340 g/mol. The number of carbonyl (C=O) groups excluding carboxylic acids is 1. The summed E-state index contributed by atoms with van der Waals surface area (Å²) in [6.07, 6.45) is 1.39. The number of nitrogens with one attached hydrogen (secondary N) is 1. The molecular formula is C22H20N2O3. The minimum atomic E-state index is -0.483. The second kappa shape index (κ2) is 8.67. The van der Waals surface area contributed by atoms with Crippen molar-refractivity contribution >= 4 is 12.1 Å². The number of rotatable bonds is 6. The highest BCUT2D eigenvalue weighted by molar-refractivity contribution is 5.89. The van der Waals surface area contributed by atoms with Crippen LogP contribution < -0.4 is 10.2 Å². The molecule has 2 N–H and O–H groups in total. The molecule has 3 aromatic carbocycles. The topological polar surface area (TPSA) is 70.9 Å². The minimum absolute atomic E-state index is 0.0523. The molecule has 3 rings (SSSR count). The average Bonchev–Trinajstić information content (AvgIpc) is 2.71. The maximum Gasteiger partial charge on any atom is 0.252 e. The summed E-state index contributed by atoms with van der Waals surface area (Å²) >= 11 is 0. The lowest BCUT2D eigenvalue weighted by molar-refractivity contribution is -0.121. The van der Waals surface area contributed by atoms with Gasteiger partial charge in [-0.25, -0.2) is 5.43 Å². The molecule has 136 valence electrons. The fourth-order valence-electron chi connectivity index (χ4n) is 2.78. The zero-order valence-electron chi connectivity index (χ0n) is 14.9. The largest absolute Gasteiger partial charge is 0.507 e. The SMILES string of the molecule is COc1ccc(O)c(/C=N\NC(=O)C(c2ccccc2)c2ccccc2)c1. The summed E-state index contributed by atoms with van der Waals surface area (Å²) in [5, 5.41) is 13.9. The average molecular weight is 360 g/mol.